The standard InChI is InChI=1S/C19H26N2O2/c22-18(12-13-20-19(23)16-8-2-1-3-9-16)21-14-6-10-15-7-4-5-11-17(15)21/h1-3,8-9,15,17H,4-7,10-14H2,(H,20,23)/t15-,17-/m1/s1. The van der Waals surface area contributed by atoms with Crippen molar-refractivity contribution >= 4 is 11.8 Å². The fourth-order valence-electron chi connectivity index (χ4n) is 4.05. The molecular formula is C19H26N2O2. The lowest BCUT2D eigenvalue weighted by atomic mass is 9.78. The first kappa shape index (κ1) is 16.0. The van der Waals surface area contributed by atoms with Gasteiger partial charge in [0.2, 0.25) is 5.91 Å². The summed E-state index contributed by atoms with van der Waals surface area (Å²) in [7, 11) is 0. The molecule has 1 aliphatic carbocycles. The van der Waals surface area contributed by atoms with Crippen molar-refractivity contribution in [1.29, 1.82) is 0 Å². The van der Waals surface area contributed by atoms with Gasteiger partial charge in [0, 0.05) is 31.1 Å². The molecule has 2 aliphatic rings. The van der Waals surface area contributed by atoms with Crippen LogP contribution in [0.4, 0.5) is 0 Å². The van der Waals surface area contributed by atoms with E-state index in [1.165, 1.54) is 25.7 Å². The minimum absolute atomic E-state index is 0.104. The van der Waals surface area contributed by atoms with Crippen LogP contribution in [0.2, 0.25) is 0 Å². The minimum atomic E-state index is -0.104. The van der Waals surface area contributed by atoms with Gasteiger partial charge in [0.25, 0.3) is 5.91 Å². The average Bonchev–Trinajstić information content (AvgIpc) is 2.61. The molecule has 3 rings (SSSR count). The molecule has 0 unspecified atom stereocenters. The van der Waals surface area contributed by atoms with E-state index in [-0.39, 0.29) is 11.8 Å². The van der Waals surface area contributed by atoms with E-state index in [2.05, 4.69) is 10.2 Å². The van der Waals surface area contributed by atoms with Crippen molar-refractivity contribution in [3.63, 3.8) is 0 Å². The molecule has 23 heavy (non-hydrogen) atoms. The molecule has 124 valence electrons. The summed E-state index contributed by atoms with van der Waals surface area (Å²) in [5.41, 5.74) is 0.644. The van der Waals surface area contributed by atoms with Crippen molar-refractivity contribution < 1.29 is 9.59 Å². The van der Waals surface area contributed by atoms with Gasteiger partial charge in [-0.05, 0) is 43.7 Å². The summed E-state index contributed by atoms with van der Waals surface area (Å²) in [4.78, 5) is 26.6. The number of nitrogens with zero attached hydrogens (tertiary/aromatic N) is 1. The highest BCUT2D eigenvalue weighted by Crippen LogP contribution is 2.35. The van der Waals surface area contributed by atoms with Gasteiger partial charge in [0.15, 0.2) is 0 Å². The van der Waals surface area contributed by atoms with Crippen molar-refractivity contribution in [1.82, 2.24) is 10.2 Å². The number of carbonyl (C=O) groups excluding carboxylic acids is 2. The molecule has 1 saturated heterocycles. The summed E-state index contributed by atoms with van der Waals surface area (Å²) >= 11 is 0. The maximum atomic E-state index is 12.5. The largest absolute Gasteiger partial charge is 0.352 e. The number of hydrogen-bond donors (Lipinski definition) is 1. The molecule has 0 spiro atoms. The van der Waals surface area contributed by atoms with Gasteiger partial charge in [0.05, 0.1) is 0 Å². The fraction of sp³-hybridized carbons (Fsp3) is 0.579. The predicted octanol–water partition coefficient (Wildman–Crippen LogP) is 2.99. The van der Waals surface area contributed by atoms with Crippen molar-refractivity contribution in [2.75, 3.05) is 13.1 Å². The van der Waals surface area contributed by atoms with Crippen LogP contribution < -0.4 is 5.32 Å². The zero-order valence-corrected chi connectivity index (χ0v) is 13.7. The first-order valence-electron chi connectivity index (χ1n) is 8.88. The first-order chi connectivity index (χ1) is 11.3. The summed E-state index contributed by atoms with van der Waals surface area (Å²) in [6.45, 7) is 1.31. The van der Waals surface area contributed by atoms with Gasteiger partial charge in [-0.1, -0.05) is 31.0 Å². The van der Waals surface area contributed by atoms with Gasteiger partial charge >= 0.3 is 0 Å². The van der Waals surface area contributed by atoms with Gasteiger partial charge in [-0.2, -0.15) is 0 Å². The van der Waals surface area contributed by atoms with E-state index in [0.717, 1.165) is 19.4 Å². The van der Waals surface area contributed by atoms with Gasteiger partial charge < -0.3 is 10.2 Å². The predicted molar refractivity (Wildman–Crippen MR) is 90.1 cm³/mol. The molecule has 1 N–H and O–H groups in total. The lowest BCUT2D eigenvalue weighted by molar-refractivity contribution is -0.137. The number of piperidine rings is 1. The maximum Gasteiger partial charge on any atom is 0.251 e. The molecular weight excluding hydrogens is 288 g/mol. The van der Waals surface area contributed by atoms with Crippen LogP contribution >= 0.6 is 0 Å². The first-order valence-corrected chi connectivity index (χ1v) is 8.88. The molecule has 2 amide bonds. The monoisotopic (exact) mass is 314 g/mol. The van der Waals surface area contributed by atoms with E-state index in [9.17, 15) is 9.59 Å². The number of nitrogens with one attached hydrogen (secondary N) is 1. The second-order valence-electron chi connectivity index (χ2n) is 6.71. The second kappa shape index (κ2) is 7.62. The van der Waals surface area contributed by atoms with Crippen LogP contribution in [-0.2, 0) is 4.79 Å². The lowest BCUT2D eigenvalue weighted by Crippen LogP contribution is -2.50. The number of likely N-dealkylation sites (tertiary alicyclic amines) is 1. The Labute approximate surface area is 138 Å². The Morgan fingerprint density at radius 2 is 1.78 bits per heavy atom. The van der Waals surface area contributed by atoms with E-state index < -0.39 is 0 Å². The third-order valence-electron chi connectivity index (χ3n) is 5.22. The molecule has 1 heterocycles. The number of carbonyl (C=O) groups is 2. The van der Waals surface area contributed by atoms with Crippen LogP contribution in [-0.4, -0.2) is 35.8 Å². The average molecular weight is 314 g/mol. The molecule has 1 aliphatic heterocycles. The van der Waals surface area contributed by atoms with Gasteiger partial charge in [-0.25, -0.2) is 0 Å². The molecule has 4 nitrogen and oxygen atoms in total. The van der Waals surface area contributed by atoms with Crippen molar-refractivity contribution in [2.24, 2.45) is 5.92 Å². The van der Waals surface area contributed by atoms with E-state index in [1.54, 1.807) is 12.1 Å². The van der Waals surface area contributed by atoms with E-state index >= 15 is 0 Å². The highest BCUT2D eigenvalue weighted by Gasteiger charge is 2.35. The van der Waals surface area contributed by atoms with E-state index in [1.807, 2.05) is 18.2 Å². The maximum absolute atomic E-state index is 12.5. The van der Waals surface area contributed by atoms with Gasteiger partial charge in [0.1, 0.15) is 0 Å². The second-order valence-corrected chi connectivity index (χ2v) is 6.71. The normalized spacial score (nSPS) is 23.9. The highest BCUT2D eigenvalue weighted by atomic mass is 16.2. The Kier molecular flexibility index (Phi) is 5.31. The molecule has 0 aromatic heterocycles. The number of hydrogen-bond acceptors (Lipinski definition) is 2. The molecule has 4 heteroatoms. The molecule has 1 aromatic rings. The van der Waals surface area contributed by atoms with Crippen LogP contribution in [0.1, 0.15) is 55.3 Å². The number of amides is 2. The van der Waals surface area contributed by atoms with E-state index in [4.69, 9.17) is 0 Å². The highest BCUT2D eigenvalue weighted by molar-refractivity contribution is 5.94. The van der Waals surface area contributed by atoms with E-state index in [0.29, 0.717) is 30.5 Å². The summed E-state index contributed by atoms with van der Waals surface area (Å²) in [5, 5.41) is 2.85. The molecule has 0 radical (unpaired) electrons. The summed E-state index contributed by atoms with van der Waals surface area (Å²) in [5.74, 6) is 0.808. The smallest absolute Gasteiger partial charge is 0.251 e. The summed E-state index contributed by atoms with van der Waals surface area (Å²) in [6.07, 6.45) is 7.81. The third kappa shape index (κ3) is 3.92. The molecule has 1 saturated carbocycles. The number of fused-ring (bicyclic) bond motifs is 1. The fourth-order valence-corrected chi connectivity index (χ4v) is 4.05. The minimum Gasteiger partial charge on any atom is -0.352 e. The summed E-state index contributed by atoms with van der Waals surface area (Å²) in [6, 6.07) is 9.60. The Morgan fingerprint density at radius 3 is 2.61 bits per heavy atom. The van der Waals surface area contributed by atoms with Crippen molar-refractivity contribution in [2.45, 2.75) is 51.0 Å². The SMILES string of the molecule is O=C(NCCC(=O)N1CCC[C@H]2CCCC[C@H]21)c1ccccc1. The Balaban J connectivity index is 1.48. The van der Waals surface area contributed by atoms with Crippen LogP contribution in [0, 0.1) is 5.92 Å². The van der Waals surface area contributed by atoms with Crippen LogP contribution in [0.3, 0.4) is 0 Å². The molecule has 1 aromatic carbocycles. The molecule has 0 bridgehead atoms. The third-order valence-corrected chi connectivity index (χ3v) is 5.22. The lowest BCUT2D eigenvalue weighted by Gasteiger charge is -2.44. The Morgan fingerprint density at radius 1 is 1.04 bits per heavy atom. The zero-order valence-electron chi connectivity index (χ0n) is 13.7. The van der Waals surface area contributed by atoms with Crippen molar-refractivity contribution in [3.8, 4) is 0 Å². The topological polar surface area (TPSA) is 49.4 Å². The molecule has 2 fully saturated rings. The van der Waals surface area contributed by atoms with Crippen LogP contribution in [0.15, 0.2) is 30.3 Å². The van der Waals surface area contributed by atoms with Crippen LogP contribution in [0.5, 0.6) is 0 Å². The van der Waals surface area contributed by atoms with Gasteiger partial charge in [-0.15, -0.1) is 0 Å². The van der Waals surface area contributed by atoms with Gasteiger partial charge in [-0.3, -0.25) is 9.59 Å². The number of rotatable bonds is 4. The Bertz CT molecular complexity index is 542. The summed E-state index contributed by atoms with van der Waals surface area (Å²) < 4.78 is 0. The molecule has 2 atom stereocenters. The number of benzene rings is 1. The Hall–Kier alpha value is -1.84. The zero-order chi connectivity index (χ0) is 16.1. The van der Waals surface area contributed by atoms with Crippen molar-refractivity contribution in [3.05, 3.63) is 35.9 Å². The quantitative estimate of drug-likeness (QED) is 0.929. The van der Waals surface area contributed by atoms with Crippen LogP contribution in [0.25, 0.3) is 0 Å².